The van der Waals surface area contributed by atoms with Gasteiger partial charge in [0.1, 0.15) is 5.75 Å². The molecule has 6 rings (SSSR count). The summed E-state index contributed by atoms with van der Waals surface area (Å²) in [5.41, 5.74) is -0.140. The van der Waals surface area contributed by atoms with Gasteiger partial charge in [0.2, 0.25) is 5.91 Å². The number of hydrogen-bond acceptors (Lipinski definition) is 5. The molecule has 2 amide bonds. The zero-order chi connectivity index (χ0) is 21.6. The van der Waals surface area contributed by atoms with Crippen LogP contribution in [0.4, 0.5) is 5.69 Å². The van der Waals surface area contributed by atoms with Crippen molar-refractivity contribution in [3.8, 4) is 5.75 Å². The molecule has 1 aromatic carbocycles. The van der Waals surface area contributed by atoms with Crippen molar-refractivity contribution in [2.45, 2.75) is 38.5 Å². The minimum Gasteiger partial charge on any atom is -0.484 e. The van der Waals surface area contributed by atoms with E-state index in [0.29, 0.717) is 37.8 Å². The fraction of sp³-hybridized carbons (Fsp3) is 0.652. The molecule has 4 saturated carbocycles. The number of amides is 2. The number of nitro groups is 1. The van der Waals surface area contributed by atoms with E-state index in [0.717, 1.165) is 37.0 Å². The maximum Gasteiger partial charge on any atom is 0.269 e. The monoisotopic (exact) mass is 427 g/mol. The summed E-state index contributed by atoms with van der Waals surface area (Å²) in [6.45, 7) is 2.12. The molecule has 0 radical (unpaired) electrons. The van der Waals surface area contributed by atoms with E-state index in [-0.39, 0.29) is 23.6 Å². The lowest BCUT2D eigenvalue weighted by Crippen LogP contribution is -2.58. The molecule has 8 nitrogen and oxygen atoms in total. The van der Waals surface area contributed by atoms with Crippen molar-refractivity contribution in [2.24, 2.45) is 23.2 Å². The minimum absolute atomic E-state index is 0.0153. The van der Waals surface area contributed by atoms with Gasteiger partial charge in [-0.2, -0.15) is 0 Å². The van der Waals surface area contributed by atoms with E-state index in [1.807, 2.05) is 4.90 Å². The molecule has 1 saturated heterocycles. The number of ether oxygens (including phenoxy) is 1. The van der Waals surface area contributed by atoms with Crippen LogP contribution in [-0.2, 0) is 9.59 Å². The first-order valence-electron chi connectivity index (χ1n) is 11.4. The van der Waals surface area contributed by atoms with Crippen LogP contribution in [0.1, 0.15) is 38.5 Å². The summed E-state index contributed by atoms with van der Waals surface area (Å²) < 4.78 is 5.50. The summed E-state index contributed by atoms with van der Waals surface area (Å²) in [7, 11) is 0. The topological polar surface area (TPSA) is 93.0 Å². The molecule has 0 unspecified atom stereocenters. The second kappa shape index (κ2) is 7.80. The van der Waals surface area contributed by atoms with Gasteiger partial charge in [0.05, 0.1) is 10.3 Å². The molecule has 1 heterocycles. The average molecular weight is 428 g/mol. The number of nitro benzene ring substituents is 1. The number of rotatable bonds is 5. The van der Waals surface area contributed by atoms with E-state index < -0.39 is 4.92 Å². The van der Waals surface area contributed by atoms with Crippen LogP contribution < -0.4 is 4.74 Å². The van der Waals surface area contributed by atoms with E-state index in [4.69, 9.17) is 4.74 Å². The molecular weight excluding hydrogens is 398 g/mol. The van der Waals surface area contributed by atoms with Crippen molar-refractivity contribution in [1.82, 2.24) is 9.80 Å². The van der Waals surface area contributed by atoms with Gasteiger partial charge < -0.3 is 14.5 Å². The highest BCUT2D eigenvalue weighted by Gasteiger charge is 2.55. The van der Waals surface area contributed by atoms with Gasteiger partial charge >= 0.3 is 0 Å². The van der Waals surface area contributed by atoms with Gasteiger partial charge in [-0.25, -0.2) is 0 Å². The number of carbonyl (C=O) groups excluding carboxylic acids is 2. The maximum absolute atomic E-state index is 13.5. The molecule has 5 aliphatic rings. The quantitative estimate of drug-likeness (QED) is 0.532. The van der Waals surface area contributed by atoms with Gasteiger partial charge in [-0.05, 0) is 68.4 Å². The van der Waals surface area contributed by atoms with Crippen molar-refractivity contribution in [1.29, 1.82) is 0 Å². The van der Waals surface area contributed by atoms with Crippen LogP contribution in [0.25, 0.3) is 0 Å². The van der Waals surface area contributed by atoms with Gasteiger partial charge in [0.25, 0.3) is 11.6 Å². The van der Waals surface area contributed by atoms with E-state index >= 15 is 0 Å². The van der Waals surface area contributed by atoms with Gasteiger partial charge in [-0.1, -0.05) is 0 Å². The van der Waals surface area contributed by atoms with Crippen LogP contribution in [-0.4, -0.2) is 59.3 Å². The molecule has 8 heteroatoms. The predicted molar refractivity (Wildman–Crippen MR) is 112 cm³/mol. The highest BCUT2D eigenvalue weighted by molar-refractivity contribution is 5.84. The number of non-ortho nitro benzene ring substituents is 1. The Balaban J connectivity index is 1.12. The molecule has 0 aromatic heterocycles. The normalized spacial score (nSPS) is 31.5. The summed E-state index contributed by atoms with van der Waals surface area (Å²) in [4.78, 5) is 40.0. The minimum atomic E-state index is -0.473. The lowest BCUT2D eigenvalue weighted by atomic mass is 9.49. The zero-order valence-electron chi connectivity index (χ0n) is 17.7. The lowest BCUT2D eigenvalue weighted by Gasteiger charge is -2.57. The molecule has 5 fully saturated rings. The number of nitrogens with zero attached hydrogens (tertiary/aromatic N) is 3. The molecular formula is C23H29N3O5. The third kappa shape index (κ3) is 3.88. The summed E-state index contributed by atoms with van der Waals surface area (Å²) in [5.74, 6) is 2.87. The van der Waals surface area contributed by atoms with Crippen LogP contribution in [0.2, 0.25) is 0 Å². The molecule has 166 valence electrons. The second-order valence-corrected chi connectivity index (χ2v) is 9.91. The third-order valence-electron chi connectivity index (χ3n) is 7.82. The van der Waals surface area contributed by atoms with Crippen LogP contribution in [0.3, 0.4) is 0 Å². The van der Waals surface area contributed by atoms with Gasteiger partial charge in [0, 0.05) is 38.3 Å². The van der Waals surface area contributed by atoms with Crippen LogP contribution in [0.5, 0.6) is 5.75 Å². The molecule has 4 aliphatic carbocycles. The molecule has 1 aliphatic heterocycles. The van der Waals surface area contributed by atoms with Gasteiger partial charge in [-0.15, -0.1) is 0 Å². The average Bonchev–Trinajstić information content (AvgIpc) is 2.76. The highest BCUT2D eigenvalue weighted by atomic mass is 16.6. The molecule has 1 aromatic rings. The van der Waals surface area contributed by atoms with Gasteiger partial charge in [0.15, 0.2) is 6.61 Å². The lowest BCUT2D eigenvalue weighted by molar-refractivity contribution is -0.384. The Bertz CT molecular complexity index is 840. The Labute approximate surface area is 181 Å². The number of benzene rings is 1. The smallest absolute Gasteiger partial charge is 0.269 e. The van der Waals surface area contributed by atoms with Crippen molar-refractivity contribution < 1.29 is 19.2 Å². The molecule has 0 N–H and O–H groups in total. The summed E-state index contributed by atoms with van der Waals surface area (Å²) >= 11 is 0. The van der Waals surface area contributed by atoms with E-state index in [1.54, 1.807) is 4.90 Å². The first-order chi connectivity index (χ1) is 14.9. The van der Waals surface area contributed by atoms with E-state index in [2.05, 4.69) is 0 Å². The van der Waals surface area contributed by atoms with Crippen molar-refractivity contribution in [3.63, 3.8) is 0 Å². The Hall–Kier alpha value is -2.64. The Morgan fingerprint density at radius 2 is 1.45 bits per heavy atom. The van der Waals surface area contributed by atoms with Crippen LogP contribution in [0.15, 0.2) is 24.3 Å². The summed E-state index contributed by atoms with van der Waals surface area (Å²) in [6, 6.07) is 5.70. The SMILES string of the molecule is O=C(COc1ccc([N+](=O)[O-])cc1)N1CCN(C(=O)C23CC4CC(CC(C4)C2)C3)CC1. The number of piperazine rings is 1. The van der Waals surface area contributed by atoms with E-state index in [1.165, 1.54) is 43.5 Å². The summed E-state index contributed by atoms with van der Waals surface area (Å²) in [5, 5.41) is 10.7. The fourth-order valence-corrected chi connectivity index (χ4v) is 6.77. The standard InChI is InChI=1S/C23H29N3O5/c27-21(15-31-20-3-1-19(2-4-20)26(29)30)24-5-7-25(8-6-24)22(28)23-12-16-9-17(13-23)11-18(10-16)14-23/h1-4,16-18H,5-15H2. The largest absolute Gasteiger partial charge is 0.484 e. The van der Waals surface area contributed by atoms with Crippen LogP contribution >= 0.6 is 0 Å². The summed E-state index contributed by atoms with van der Waals surface area (Å²) in [6.07, 6.45) is 7.18. The zero-order valence-corrected chi connectivity index (χ0v) is 17.7. The Morgan fingerprint density at radius 3 is 1.97 bits per heavy atom. The third-order valence-corrected chi connectivity index (χ3v) is 7.82. The first kappa shape index (κ1) is 20.3. The highest BCUT2D eigenvalue weighted by Crippen LogP contribution is 2.60. The van der Waals surface area contributed by atoms with Crippen molar-refractivity contribution >= 4 is 17.5 Å². The predicted octanol–water partition coefficient (Wildman–Crippen LogP) is 2.86. The van der Waals surface area contributed by atoms with Gasteiger partial charge in [-0.3, -0.25) is 19.7 Å². The number of hydrogen-bond donors (Lipinski definition) is 0. The fourth-order valence-electron chi connectivity index (χ4n) is 6.77. The van der Waals surface area contributed by atoms with Crippen LogP contribution in [0, 0.1) is 33.3 Å². The Morgan fingerprint density at radius 1 is 0.935 bits per heavy atom. The van der Waals surface area contributed by atoms with E-state index in [9.17, 15) is 19.7 Å². The molecule has 0 atom stereocenters. The second-order valence-electron chi connectivity index (χ2n) is 9.91. The number of carbonyl (C=O) groups is 2. The molecule has 4 bridgehead atoms. The van der Waals surface area contributed by atoms with Crippen molar-refractivity contribution in [3.05, 3.63) is 34.4 Å². The molecule has 0 spiro atoms. The Kier molecular flexibility index (Phi) is 5.10. The maximum atomic E-state index is 13.5. The first-order valence-corrected chi connectivity index (χ1v) is 11.4. The molecule has 31 heavy (non-hydrogen) atoms. The van der Waals surface area contributed by atoms with Crippen molar-refractivity contribution in [2.75, 3.05) is 32.8 Å².